The molecule has 1 rings (SSSR count). The van der Waals surface area contributed by atoms with Gasteiger partial charge in [0.2, 0.25) is 5.91 Å². The quantitative estimate of drug-likeness (QED) is 0.638. The van der Waals surface area contributed by atoms with Gasteiger partial charge in [-0.25, -0.2) is 0 Å². The molecular formula is C14H29N3O2. The van der Waals surface area contributed by atoms with Crippen molar-refractivity contribution in [1.29, 1.82) is 0 Å². The third-order valence-electron chi connectivity index (χ3n) is 3.93. The van der Waals surface area contributed by atoms with Gasteiger partial charge in [-0.1, -0.05) is 0 Å². The average Bonchev–Trinajstić information content (AvgIpc) is 2.87. The van der Waals surface area contributed by atoms with Crippen LogP contribution in [0.1, 0.15) is 38.5 Å². The molecule has 1 amide bonds. The topological polar surface area (TPSA) is 69.8 Å². The molecule has 0 bridgehead atoms. The molecule has 0 spiro atoms. The molecular weight excluding hydrogens is 242 g/mol. The number of likely N-dealkylation sites (tertiary alicyclic amines) is 1. The number of aliphatic hydroxyl groups excluding tert-OH is 1. The molecule has 1 unspecified atom stereocenters. The summed E-state index contributed by atoms with van der Waals surface area (Å²) in [6, 6.07) is 0.564. The van der Waals surface area contributed by atoms with Crippen molar-refractivity contribution in [1.82, 2.24) is 9.80 Å². The number of carbonyl (C=O) groups excluding carboxylic acids is 1. The van der Waals surface area contributed by atoms with Gasteiger partial charge in [-0.3, -0.25) is 9.69 Å². The SMILES string of the molecule is CN(CCCN)C(=O)CCN1CCCC1CCCO. The zero-order valence-corrected chi connectivity index (χ0v) is 12.2. The molecule has 0 saturated carbocycles. The Kier molecular flexibility index (Phi) is 8.02. The van der Waals surface area contributed by atoms with E-state index >= 15 is 0 Å². The molecule has 0 aliphatic carbocycles. The van der Waals surface area contributed by atoms with E-state index in [1.807, 2.05) is 7.05 Å². The fourth-order valence-corrected chi connectivity index (χ4v) is 2.73. The Labute approximate surface area is 116 Å². The number of carbonyl (C=O) groups is 1. The Hall–Kier alpha value is -0.650. The van der Waals surface area contributed by atoms with Crippen molar-refractivity contribution < 1.29 is 9.90 Å². The molecule has 0 aromatic rings. The van der Waals surface area contributed by atoms with E-state index in [-0.39, 0.29) is 12.5 Å². The van der Waals surface area contributed by atoms with Gasteiger partial charge in [0.1, 0.15) is 0 Å². The smallest absolute Gasteiger partial charge is 0.223 e. The van der Waals surface area contributed by atoms with Crippen LogP contribution in [0.3, 0.4) is 0 Å². The molecule has 0 aromatic heterocycles. The minimum Gasteiger partial charge on any atom is -0.396 e. The predicted molar refractivity (Wildman–Crippen MR) is 76.8 cm³/mol. The lowest BCUT2D eigenvalue weighted by molar-refractivity contribution is -0.130. The molecule has 1 aliphatic rings. The van der Waals surface area contributed by atoms with Crippen molar-refractivity contribution in [2.45, 2.75) is 44.6 Å². The summed E-state index contributed by atoms with van der Waals surface area (Å²) in [6.45, 7) is 3.60. The van der Waals surface area contributed by atoms with E-state index in [4.69, 9.17) is 10.8 Å². The lowest BCUT2D eigenvalue weighted by Crippen LogP contribution is -2.35. The maximum absolute atomic E-state index is 11.9. The van der Waals surface area contributed by atoms with Gasteiger partial charge in [-0.15, -0.1) is 0 Å². The van der Waals surface area contributed by atoms with E-state index in [1.54, 1.807) is 4.90 Å². The standard InChI is InChI=1S/C14H29N3O2/c1-16(9-4-8-15)14(19)7-11-17-10-2-5-13(17)6-3-12-18/h13,18H,2-12,15H2,1H3. The number of hydrogen-bond acceptors (Lipinski definition) is 4. The van der Waals surface area contributed by atoms with Crippen molar-refractivity contribution in [2.24, 2.45) is 5.73 Å². The number of nitrogens with two attached hydrogens (primary N) is 1. The van der Waals surface area contributed by atoms with E-state index in [9.17, 15) is 4.79 Å². The number of hydrogen-bond donors (Lipinski definition) is 2. The van der Waals surface area contributed by atoms with Crippen molar-refractivity contribution in [3.63, 3.8) is 0 Å². The minimum atomic E-state index is 0.209. The lowest BCUT2D eigenvalue weighted by atomic mass is 10.1. The molecule has 3 N–H and O–H groups in total. The van der Waals surface area contributed by atoms with E-state index in [2.05, 4.69) is 4.90 Å². The van der Waals surface area contributed by atoms with Gasteiger partial charge >= 0.3 is 0 Å². The largest absolute Gasteiger partial charge is 0.396 e. The van der Waals surface area contributed by atoms with Crippen LogP contribution in [0, 0.1) is 0 Å². The van der Waals surface area contributed by atoms with Crippen LogP contribution in [0.4, 0.5) is 0 Å². The first-order valence-corrected chi connectivity index (χ1v) is 7.48. The minimum absolute atomic E-state index is 0.209. The van der Waals surface area contributed by atoms with E-state index in [0.29, 0.717) is 19.0 Å². The first kappa shape index (κ1) is 16.4. The predicted octanol–water partition coefficient (Wildman–Crippen LogP) is 0.421. The number of rotatable bonds is 9. The van der Waals surface area contributed by atoms with Gasteiger partial charge in [0.25, 0.3) is 0 Å². The van der Waals surface area contributed by atoms with Crippen LogP contribution in [0.5, 0.6) is 0 Å². The number of nitrogens with zero attached hydrogens (tertiary/aromatic N) is 2. The second-order valence-corrected chi connectivity index (χ2v) is 5.41. The van der Waals surface area contributed by atoms with Crippen LogP contribution < -0.4 is 5.73 Å². The second kappa shape index (κ2) is 9.28. The lowest BCUT2D eigenvalue weighted by Gasteiger charge is -2.25. The second-order valence-electron chi connectivity index (χ2n) is 5.41. The number of aliphatic hydroxyl groups is 1. The van der Waals surface area contributed by atoms with Gasteiger partial charge in [0, 0.05) is 39.2 Å². The highest BCUT2D eigenvalue weighted by atomic mass is 16.3. The number of amides is 1. The Morgan fingerprint density at radius 3 is 2.95 bits per heavy atom. The summed E-state index contributed by atoms with van der Waals surface area (Å²) in [5.41, 5.74) is 5.45. The highest BCUT2D eigenvalue weighted by Gasteiger charge is 2.24. The van der Waals surface area contributed by atoms with Crippen molar-refractivity contribution in [3.05, 3.63) is 0 Å². The van der Waals surface area contributed by atoms with Crippen molar-refractivity contribution >= 4 is 5.91 Å². The first-order chi connectivity index (χ1) is 9.19. The molecule has 112 valence electrons. The Morgan fingerprint density at radius 2 is 2.26 bits per heavy atom. The molecule has 1 atom stereocenters. The van der Waals surface area contributed by atoms with Crippen LogP contribution in [-0.4, -0.2) is 66.7 Å². The van der Waals surface area contributed by atoms with Gasteiger partial charge in [0.05, 0.1) is 0 Å². The maximum Gasteiger partial charge on any atom is 0.223 e. The molecule has 0 aromatic carbocycles. The highest BCUT2D eigenvalue weighted by Crippen LogP contribution is 2.21. The molecule has 19 heavy (non-hydrogen) atoms. The molecule has 1 aliphatic heterocycles. The monoisotopic (exact) mass is 271 g/mol. The van der Waals surface area contributed by atoms with Gasteiger partial charge < -0.3 is 15.7 Å². The summed E-state index contributed by atoms with van der Waals surface area (Å²) in [7, 11) is 1.85. The third-order valence-corrected chi connectivity index (χ3v) is 3.93. The maximum atomic E-state index is 11.9. The Bertz CT molecular complexity index is 261. The van der Waals surface area contributed by atoms with Crippen molar-refractivity contribution in [2.75, 3.05) is 39.8 Å². The molecule has 1 saturated heterocycles. The van der Waals surface area contributed by atoms with Crippen LogP contribution in [0.2, 0.25) is 0 Å². The fourth-order valence-electron chi connectivity index (χ4n) is 2.73. The summed E-state index contributed by atoms with van der Waals surface area (Å²) < 4.78 is 0. The molecule has 5 nitrogen and oxygen atoms in total. The Morgan fingerprint density at radius 1 is 1.47 bits per heavy atom. The normalized spacial score (nSPS) is 19.8. The summed E-state index contributed by atoms with van der Waals surface area (Å²) in [4.78, 5) is 16.1. The van der Waals surface area contributed by atoms with Crippen molar-refractivity contribution in [3.8, 4) is 0 Å². The van der Waals surface area contributed by atoms with Gasteiger partial charge in [-0.2, -0.15) is 0 Å². The summed E-state index contributed by atoms with van der Waals surface area (Å²) in [5.74, 6) is 0.209. The fraction of sp³-hybridized carbons (Fsp3) is 0.929. The first-order valence-electron chi connectivity index (χ1n) is 7.48. The van der Waals surface area contributed by atoms with Crippen LogP contribution >= 0.6 is 0 Å². The molecule has 0 radical (unpaired) electrons. The van der Waals surface area contributed by atoms with E-state index < -0.39 is 0 Å². The highest BCUT2D eigenvalue weighted by molar-refractivity contribution is 5.76. The summed E-state index contributed by atoms with van der Waals surface area (Å²) >= 11 is 0. The summed E-state index contributed by atoms with van der Waals surface area (Å²) in [6.07, 6.45) is 5.80. The van der Waals surface area contributed by atoms with Gasteiger partial charge in [-0.05, 0) is 45.2 Å². The Balaban J connectivity index is 2.24. The zero-order valence-electron chi connectivity index (χ0n) is 12.2. The van der Waals surface area contributed by atoms with E-state index in [1.165, 1.54) is 12.8 Å². The van der Waals surface area contributed by atoms with Crippen LogP contribution in [-0.2, 0) is 4.79 Å². The summed E-state index contributed by atoms with van der Waals surface area (Å²) in [5, 5.41) is 8.90. The van der Waals surface area contributed by atoms with E-state index in [0.717, 1.165) is 38.9 Å². The molecule has 1 fully saturated rings. The van der Waals surface area contributed by atoms with Crippen LogP contribution in [0.15, 0.2) is 0 Å². The zero-order chi connectivity index (χ0) is 14.1. The van der Waals surface area contributed by atoms with Gasteiger partial charge in [0.15, 0.2) is 0 Å². The average molecular weight is 271 g/mol. The molecule has 5 heteroatoms. The third kappa shape index (κ3) is 5.89. The molecule has 1 heterocycles. The van der Waals surface area contributed by atoms with Crippen LogP contribution in [0.25, 0.3) is 0 Å².